The molecule has 1 unspecified atom stereocenters. The molecule has 0 saturated heterocycles. The monoisotopic (exact) mass is 201 g/mol. The first-order valence-electron chi connectivity index (χ1n) is 3.99. The lowest BCUT2D eigenvalue weighted by Gasteiger charge is -2.18. The molecule has 1 aliphatic heterocycles. The zero-order valence-corrected chi connectivity index (χ0v) is 7.53. The van der Waals surface area contributed by atoms with Gasteiger partial charge < -0.3 is 5.11 Å². The van der Waals surface area contributed by atoms with Crippen LogP contribution in [0.25, 0.3) is 0 Å². The molecule has 1 aromatic heterocycles. The molecule has 0 fully saturated rings. The van der Waals surface area contributed by atoms with Crippen molar-refractivity contribution in [1.29, 1.82) is 0 Å². The molecule has 2 heterocycles. The number of carbonyl (C=O) groups is 1. The van der Waals surface area contributed by atoms with Crippen LogP contribution in [0.4, 0.5) is 0 Å². The minimum Gasteiger partial charge on any atom is -0.481 e. The third-order valence-electron chi connectivity index (χ3n) is 2.18. The molecule has 0 bridgehead atoms. The van der Waals surface area contributed by atoms with Gasteiger partial charge in [0.25, 0.3) is 0 Å². The molecule has 1 aliphatic rings. The van der Waals surface area contributed by atoms with E-state index in [-0.39, 0.29) is 11.2 Å². The highest BCUT2D eigenvalue weighted by Gasteiger charge is 2.25. The van der Waals surface area contributed by atoms with Crippen molar-refractivity contribution >= 4 is 17.6 Å². The van der Waals surface area contributed by atoms with Crippen LogP contribution >= 0.6 is 11.6 Å². The number of fused-ring (bicyclic) bond motifs is 1. The van der Waals surface area contributed by atoms with Gasteiger partial charge in [-0.25, -0.2) is 9.67 Å². The predicted molar refractivity (Wildman–Crippen MR) is 44.5 cm³/mol. The fourth-order valence-electron chi connectivity index (χ4n) is 1.48. The second-order valence-corrected chi connectivity index (χ2v) is 3.39. The van der Waals surface area contributed by atoms with E-state index < -0.39 is 5.97 Å². The van der Waals surface area contributed by atoms with Crippen molar-refractivity contribution in [3.63, 3.8) is 0 Å². The molecule has 13 heavy (non-hydrogen) atoms. The Bertz CT molecular complexity index is 350. The van der Waals surface area contributed by atoms with Crippen LogP contribution in [0.1, 0.15) is 12.2 Å². The summed E-state index contributed by atoms with van der Waals surface area (Å²) in [4.78, 5) is 14.6. The number of hydrogen-bond acceptors (Lipinski definition) is 3. The van der Waals surface area contributed by atoms with Crippen molar-refractivity contribution in [2.75, 3.05) is 0 Å². The summed E-state index contributed by atoms with van der Waals surface area (Å²) < 4.78 is 1.57. The van der Waals surface area contributed by atoms with Gasteiger partial charge in [0.2, 0.25) is 5.28 Å². The third-order valence-corrected chi connectivity index (χ3v) is 2.34. The maximum atomic E-state index is 10.7. The second-order valence-electron chi connectivity index (χ2n) is 3.05. The summed E-state index contributed by atoms with van der Waals surface area (Å²) in [5.41, 5.74) is 0. The molecule has 2 rings (SSSR count). The zero-order chi connectivity index (χ0) is 9.42. The standard InChI is InChI=1S/C7H8ClN3O2/c8-7-9-5-2-1-4(6(12)13)3-11(5)10-7/h4H,1-3H2,(H,12,13). The van der Waals surface area contributed by atoms with Crippen LogP contribution in [-0.4, -0.2) is 25.8 Å². The van der Waals surface area contributed by atoms with E-state index in [9.17, 15) is 4.79 Å². The van der Waals surface area contributed by atoms with Crippen LogP contribution in [0.5, 0.6) is 0 Å². The molecule has 0 saturated carbocycles. The molecule has 0 spiro atoms. The van der Waals surface area contributed by atoms with Crippen molar-refractivity contribution in [3.05, 3.63) is 11.1 Å². The van der Waals surface area contributed by atoms with Gasteiger partial charge in [-0.15, -0.1) is 5.10 Å². The zero-order valence-electron chi connectivity index (χ0n) is 6.77. The minimum absolute atomic E-state index is 0.195. The number of halogens is 1. The number of hydrogen-bond donors (Lipinski definition) is 1. The molecule has 6 heteroatoms. The van der Waals surface area contributed by atoms with E-state index >= 15 is 0 Å². The highest BCUT2D eigenvalue weighted by Crippen LogP contribution is 2.19. The topological polar surface area (TPSA) is 68.0 Å². The Morgan fingerprint density at radius 1 is 1.69 bits per heavy atom. The van der Waals surface area contributed by atoms with Gasteiger partial charge in [0, 0.05) is 6.42 Å². The predicted octanol–water partition coefficient (Wildman–Crippen LogP) is 0.579. The van der Waals surface area contributed by atoms with Crippen molar-refractivity contribution < 1.29 is 9.90 Å². The SMILES string of the molecule is O=C(O)C1CCc2nc(Cl)nn2C1. The fourth-order valence-corrected chi connectivity index (χ4v) is 1.67. The lowest BCUT2D eigenvalue weighted by atomic mass is 10.0. The van der Waals surface area contributed by atoms with E-state index in [0.717, 1.165) is 5.82 Å². The van der Waals surface area contributed by atoms with E-state index in [0.29, 0.717) is 19.4 Å². The molecule has 0 aliphatic carbocycles. The molecule has 1 N–H and O–H groups in total. The summed E-state index contributed by atoms with van der Waals surface area (Å²) in [5, 5.41) is 12.9. The quantitative estimate of drug-likeness (QED) is 0.722. The maximum Gasteiger partial charge on any atom is 0.308 e. The molecule has 0 amide bonds. The highest BCUT2D eigenvalue weighted by molar-refractivity contribution is 6.28. The first-order chi connectivity index (χ1) is 6.16. The van der Waals surface area contributed by atoms with Crippen LogP contribution in [0.15, 0.2) is 0 Å². The van der Waals surface area contributed by atoms with Gasteiger partial charge in [0.05, 0.1) is 12.5 Å². The first kappa shape index (κ1) is 8.50. The van der Waals surface area contributed by atoms with Crippen molar-refractivity contribution in [3.8, 4) is 0 Å². The largest absolute Gasteiger partial charge is 0.481 e. The van der Waals surface area contributed by atoms with Crippen LogP contribution in [0.2, 0.25) is 5.28 Å². The number of carboxylic acid groups (broad SMARTS) is 1. The van der Waals surface area contributed by atoms with Gasteiger partial charge in [0.1, 0.15) is 5.82 Å². The van der Waals surface area contributed by atoms with Gasteiger partial charge >= 0.3 is 5.97 Å². The van der Waals surface area contributed by atoms with Crippen molar-refractivity contribution in [2.24, 2.45) is 5.92 Å². The lowest BCUT2D eigenvalue weighted by Crippen LogP contribution is -2.27. The van der Waals surface area contributed by atoms with Crippen LogP contribution < -0.4 is 0 Å². The number of aromatic nitrogens is 3. The van der Waals surface area contributed by atoms with E-state index in [1.165, 1.54) is 0 Å². The fraction of sp³-hybridized carbons (Fsp3) is 0.571. The summed E-state index contributed by atoms with van der Waals surface area (Å²) in [5.74, 6) is -0.356. The van der Waals surface area contributed by atoms with Gasteiger partial charge in [-0.3, -0.25) is 4.79 Å². The Balaban J connectivity index is 2.24. The average molecular weight is 202 g/mol. The van der Waals surface area contributed by atoms with Crippen molar-refractivity contribution in [1.82, 2.24) is 14.8 Å². The summed E-state index contributed by atoms with van der Waals surface area (Å²) in [7, 11) is 0. The molecule has 1 atom stereocenters. The van der Waals surface area contributed by atoms with Crippen LogP contribution in [0, 0.1) is 5.92 Å². The smallest absolute Gasteiger partial charge is 0.308 e. The molecule has 70 valence electrons. The first-order valence-corrected chi connectivity index (χ1v) is 4.36. The normalized spacial score (nSPS) is 21.2. The maximum absolute atomic E-state index is 10.7. The minimum atomic E-state index is -0.780. The summed E-state index contributed by atoms with van der Waals surface area (Å²) in [6.07, 6.45) is 1.25. The number of carboxylic acids is 1. The van der Waals surface area contributed by atoms with Gasteiger partial charge in [0.15, 0.2) is 0 Å². The highest BCUT2D eigenvalue weighted by atomic mass is 35.5. The Morgan fingerprint density at radius 2 is 2.46 bits per heavy atom. The van der Waals surface area contributed by atoms with Crippen molar-refractivity contribution in [2.45, 2.75) is 19.4 Å². The average Bonchev–Trinajstić information content (AvgIpc) is 2.42. The summed E-state index contributed by atoms with van der Waals surface area (Å²) in [6, 6.07) is 0. The van der Waals surface area contributed by atoms with Gasteiger partial charge in [-0.2, -0.15) is 0 Å². The van der Waals surface area contributed by atoms with E-state index in [1.54, 1.807) is 4.68 Å². The number of rotatable bonds is 1. The van der Waals surface area contributed by atoms with Gasteiger partial charge in [-0.1, -0.05) is 0 Å². The van der Waals surface area contributed by atoms with Crippen LogP contribution in [0.3, 0.4) is 0 Å². The molecule has 0 radical (unpaired) electrons. The van der Waals surface area contributed by atoms with E-state index in [2.05, 4.69) is 10.1 Å². The lowest BCUT2D eigenvalue weighted by molar-refractivity contribution is -0.142. The number of nitrogens with zero attached hydrogens (tertiary/aromatic N) is 3. The Morgan fingerprint density at radius 3 is 3.15 bits per heavy atom. The Kier molecular flexibility index (Phi) is 1.95. The molecular formula is C7H8ClN3O2. The Labute approximate surface area is 79.3 Å². The Hall–Kier alpha value is -1.10. The second kappa shape index (κ2) is 2.99. The number of aryl methyl sites for hydroxylation is 1. The van der Waals surface area contributed by atoms with E-state index in [4.69, 9.17) is 16.7 Å². The number of aliphatic carboxylic acids is 1. The molecule has 5 nitrogen and oxygen atoms in total. The molecule has 1 aromatic rings. The molecule has 0 aromatic carbocycles. The van der Waals surface area contributed by atoms with Gasteiger partial charge in [-0.05, 0) is 18.0 Å². The van der Waals surface area contributed by atoms with Crippen LogP contribution in [-0.2, 0) is 17.8 Å². The summed E-state index contributed by atoms with van der Waals surface area (Å²) in [6.45, 7) is 0.379. The van der Waals surface area contributed by atoms with E-state index in [1.807, 2.05) is 0 Å². The molecular weight excluding hydrogens is 194 g/mol. The summed E-state index contributed by atoms with van der Waals surface area (Å²) >= 11 is 5.59. The third kappa shape index (κ3) is 1.51.